The number of nitrogens with zero attached hydrogens (tertiary/aromatic N) is 1. The van der Waals surface area contributed by atoms with Gasteiger partial charge in [-0.25, -0.2) is 0 Å². The molecule has 0 saturated carbocycles. The first kappa shape index (κ1) is 14.9. The summed E-state index contributed by atoms with van der Waals surface area (Å²) in [7, 11) is 1.56. The maximum Gasteiger partial charge on any atom is 0.269 e. The van der Waals surface area contributed by atoms with Crippen molar-refractivity contribution in [1.29, 1.82) is 0 Å². The Labute approximate surface area is 110 Å². The Bertz CT molecular complexity index is 522. The van der Waals surface area contributed by atoms with Gasteiger partial charge < -0.3 is 15.6 Å². The van der Waals surface area contributed by atoms with Crippen LogP contribution in [0.1, 0.15) is 37.2 Å². The van der Waals surface area contributed by atoms with E-state index in [0.717, 1.165) is 6.20 Å². The van der Waals surface area contributed by atoms with E-state index in [0.29, 0.717) is 12.8 Å². The van der Waals surface area contributed by atoms with Gasteiger partial charge in [0.05, 0.1) is 12.4 Å². The molecule has 0 radical (unpaired) electrons. The Morgan fingerprint density at radius 2 is 2.05 bits per heavy atom. The lowest BCUT2D eigenvalue weighted by Crippen LogP contribution is -2.44. The molecule has 7 heteroatoms. The first-order chi connectivity index (χ1) is 8.84. The normalized spacial score (nSPS) is 10.9. The van der Waals surface area contributed by atoms with Gasteiger partial charge in [-0.1, -0.05) is 0 Å². The van der Waals surface area contributed by atoms with Gasteiger partial charge in [-0.05, 0) is 20.3 Å². The van der Waals surface area contributed by atoms with Crippen LogP contribution in [0, 0.1) is 0 Å². The van der Waals surface area contributed by atoms with E-state index in [1.807, 2.05) is 13.8 Å². The molecule has 0 aliphatic rings. The molecule has 104 valence electrons. The van der Waals surface area contributed by atoms with E-state index in [4.69, 9.17) is 0 Å². The van der Waals surface area contributed by atoms with Gasteiger partial charge in [0.2, 0.25) is 5.91 Å². The van der Waals surface area contributed by atoms with Crippen molar-refractivity contribution in [3.63, 3.8) is 0 Å². The Morgan fingerprint density at radius 1 is 1.37 bits per heavy atom. The zero-order valence-corrected chi connectivity index (χ0v) is 11.2. The molecule has 0 aliphatic heterocycles. The summed E-state index contributed by atoms with van der Waals surface area (Å²) in [5.41, 5.74) is -0.896. The summed E-state index contributed by atoms with van der Waals surface area (Å²) in [6, 6.07) is 0. The fourth-order valence-electron chi connectivity index (χ4n) is 1.48. The Morgan fingerprint density at radius 3 is 2.63 bits per heavy atom. The number of hydrogen-bond donors (Lipinski definition) is 3. The summed E-state index contributed by atoms with van der Waals surface area (Å²) < 4.78 is 0. The molecule has 1 rings (SSSR count). The summed E-state index contributed by atoms with van der Waals surface area (Å²) in [6.07, 6.45) is 3.18. The molecular formula is C12H18N4O3. The van der Waals surface area contributed by atoms with Gasteiger partial charge in [-0.2, -0.15) is 0 Å². The van der Waals surface area contributed by atoms with Crippen LogP contribution in [0.2, 0.25) is 0 Å². The van der Waals surface area contributed by atoms with Crippen LogP contribution < -0.4 is 16.2 Å². The van der Waals surface area contributed by atoms with Gasteiger partial charge in [-0.3, -0.25) is 19.4 Å². The van der Waals surface area contributed by atoms with Crippen LogP contribution in [0.5, 0.6) is 0 Å². The SMILES string of the molecule is CNC(=O)CCC(C)(C)NC(=O)c1cncc(=O)[nH]1. The van der Waals surface area contributed by atoms with E-state index in [2.05, 4.69) is 20.6 Å². The molecule has 2 amide bonds. The Kier molecular flexibility index (Phi) is 4.80. The van der Waals surface area contributed by atoms with Crippen LogP contribution in [0.25, 0.3) is 0 Å². The highest BCUT2D eigenvalue weighted by molar-refractivity contribution is 5.92. The topological polar surface area (TPSA) is 104 Å². The largest absolute Gasteiger partial charge is 0.359 e. The van der Waals surface area contributed by atoms with Gasteiger partial charge in [0.1, 0.15) is 5.69 Å². The minimum Gasteiger partial charge on any atom is -0.359 e. The van der Waals surface area contributed by atoms with Crippen LogP contribution >= 0.6 is 0 Å². The number of hydrogen-bond acceptors (Lipinski definition) is 4. The van der Waals surface area contributed by atoms with Crippen molar-refractivity contribution in [2.24, 2.45) is 0 Å². The highest BCUT2D eigenvalue weighted by Crippen LogP contribution is 2.11. The maximum absolute atomic E-state index is 11.9. The van der Waals surface area contributed by atoms with Crippen LogP contribution in [-0.2, 0) is 4.79 Å². The Hall–Kier alpha value is -2.18. The molecule has 3 N–H and O–H groups in total. The van der Waals surface area contributed by atoms with Gasteiger partial charge in [0.15, 0.2) is 0 Å². The van der Waals surface area contributed by atoms with Gasteiger partial charge in [-0.15, -0.1) is 0 Å². The number of rotatable bonds is 5. The lowest BCUT2D eigenvalue weighted by molar-refractivity contribution is -0.121. The van der Waals surface area contributed by atoms with E-state index in [1.54, 1.807) is 7.05 Å². The van der Waals surface area contributed by atoms with Crippen molar-refractivity contribution in [1.82, 2.24) is 20.6 Å². The van der Waals surface area contributed by atoms with E-state index in [9.17, 15) is 14.4 Å². The van der Waals surface area contributed by atoms with Gasteiger partial charge in [0.25, 0.3) is 11.5 Å². The van der Waals surface area contributed by atoms with E-state index in [-0.39, 0.29) is 11.6 Å². The van der Waals surface area contributed by atoms with Gasteiger partial charge in [0, 0.05) is 19.0 Å². The molecule has 1 aromatic heterocycles. The monoisotopic (exact) mass is 266 g/mol. The summed E-state index contributed by atoms with van der Waals surface area (Å²) >= 11 is 0. The molecule has 0 spiro atoms. The summed E-state index contributed by atoms with van der Waals surface area (Å²) in [5, 5.41) is 5.27. The average molecular weight is 266 g/mol. The summed E-state index contributed by atoms with van der Waals surface area (Å²) in [5.74, 6) is -0.510. The molecule has 7 nitrogen and oxygen atoms in total. The van der Waals surface area contributed by atoms with Crippen molar-refractivity contribution in [2.75, 3.05) is 7.05 Å². The number of aromatic amines is 1. The van der Waals surface area contributed by atoms with E-state index >= 15 is 0 Å². The second-order valence-electron chi connectivity index (χ2n) is 4.82. The fraction of sp³-hybridized carbons (Fsp3) is 0.500. The van der Waals surface area contributed by atoms with E-state index < -0.39 is 17.0 Å². The molecule has 0 saturated heterocycles. The molecule has 0 aliphatic carbocycles. The molecule has 0 aromatic carbocycles. The molecule has 1 aromatic rings. The second-order valence-corrected chi connectivity index (χ2v) is 4.82. The number of carbonyl (C=O) groups is 2. The van der Waals surface area contributed by atoms with Crippen molar-refractivity contribution >= 4 is 11.8 Å². The predicted molar refractivity (Wildman–Crippen MR) is 69.7 cm³/mol. The van der Waals surface area contributed by atoms with E-state index in [1.165, 1.54) is 6.20 Å². The van der Waals surface area contributed by atoms with Crippen molar-refractivity contribution in [3.05, 3.63) is 28.4 Å². The standard InChI is InChI=1S/C12H18N4O3/c1-12(2,5-4-9(17)13-3)16-11(19)8-6-14-7-10(18)15-8/h6-7H,4-5H2,1-3H3,(H,13,17)(H,15,18)(H,16,19). The summed E-state index contributed by atoms with van der Waals surface area (Å²) in [6.45, 7) is 3.62. The fourth-order valence-corrected chi connectivity index (χ4v) is 1.48. The smallest absolute Gasteiger partial charge is 0.269 e. The highest BCUT2D eigenvalue weighted by Gasteiger charge is 2.22. The molecule has 19 heavy (non-hydrogen) atoms. The third-order valence-corrected chi connectivity index (χ3v) is 2.61. The van der Waals surface area contributed by atoms with Crippen molar-refractivity contribution in [2.45, 2.75) is 32.2 Å². The number of amides is 2. The van der Waals surface area contributed by atoms with Gasteiger partial charge >= 0.3 is 0 Å². The van der Waals surface area contributed by atoms with Crippen molar-refractivity contribution < 1.29 is 9.59 Å². The summed E-state index contributed by atoms with van der Waals surface area (Å²) in [4.78, 5) is 40.2. The Balaban J connectivity index is 2.64. The molecule has 0 atom stereocenters. The zero-order valence-electron chi connectivity index (χ0n) is 11.2. The molecule has 0 unspecified atom stereocenters. The third-order valence-electron chi connectivity index (χ3n) is 2.61. The molecule has 0 fully saturated rings. The number of aromatic nitrogens is 2. The van der Waals surface area contributed by atoms with Crippen LogP contribution in [0.4, 0.5) is 0 Å². The number of nitrogens with one attached hydrogen (secondary N) is 3. The highest BCUT2D eigenvalue weighted by atomic mass is 16.2. The number of H-pyrrole nitrogens is 1. The molecule has 0 bridgehead atoms. The quantitative estimate of drug-likeness (QED) is 0.686. The second kappa shape index (κ2) is 6.12. The van der Waals surface area contributed by atoms with Crippen LogP contribution in [0.3, 0.4) is 0 Å². The predicted octanol–water partition coefficient (Wildman–Crippen LogP) is -0.195. The minimum absolute atomic E-state index is 0.0860. The molecule has 1 heterocycles. The van der Waals surface area contributed by atoms with Crippen LogP contribution in [-0.4, -0.2) is 34.4 Å². The zero-order chi connectivity index (χ0) is 14.5. The third kappa shape index (κ3) is 4.90. The minimum atomic E-state index is -0.559. The first-order valence-electron chi connectivity index (χ1n) is 5.91. The lowest BCUT2D eigenvalue weighted by Gasteiger charge is -2.25. The first-order valence-corrected chi connectivity index (χ1v) is 5.91. The average Bonchev–Trinajstić information content (AvgIpc) is 2.35. The van der Waals surface area contributed by atoms with Crippen molar-refractivity contribution in [3.8, 4) is 0 Å². The molecular weight excluding hydrogens is 248 g/mol. The number of carbonyl (C=O) groups excluding carboxylic acids is 2. The maximum atomic E-state index is 11.9. The lowest BCUT2D eigenvalue weighted by atomic mass is 9.98. The van der Waals surface area contributed by atoms with Crippen LogP contribution in [0.15, 0.2) is 17.2 Å².